The number of aliphatic hydroxyl groups is 1. The fourth-order valence-electron chi connectivity index (χ4n) is 2.56. The highest BCUT2D eigenvalue weighted by molar-refractivity contribution is 5.37. The molecule has 0 fully saturated rings. The standard InChI is InChI=1S/C16H24O2/c17-11-5-1-2-6-12-18-16-10-9-14-7-3-4-8-15(14)13-16/h9-10,13,17H,1-8,11-12H2. The van der Waals surface area contributed by atoms with Gasteiger partial charge in [-0.2, -0.15) is 0 Å². The van der Waals surface area contributed by atoms with Gasteiger partial charge in [-0.1, -0.05) is 12.5 Å². The predicted molar refractivity (Wildman–Crippen MR) is 74.1 cm³/mol. The van der Waals surface area contributed by atoms with Gasteiger partial charge in [-0.25, -0.2) is 0 Å². The van der Waals surface area contributed by atoms with Gasteiger partial charge in [0.15, 0.2) is 0 Å². The maximum absolute atomic E-state index is 8.68. The summed E-state index contributed by atoms with van der Waals surface area (Å²) < 4.78 is 5.79. The highest BCUT2D eigenvalue weighted by atomic mass is 16.5. The van der Waals surface area contributed by atoms with E-state index in [9.17, 15) is 0 Å². The van der Waals surface area contributed by atoms with Crippen molar-refractivity contribution in [2.45, 2.75) is 51.4 Å². The third-order valence-electron chi connectivity index (χ3n) is 3.64. The van der Waals surface area contributed by atoms with E-state index in [1.165, 1.54) is 36.8 Å². The van der Waals surface area contributed by atoms with Crippen LogP contribution in [0.4, 0.5) is 0 Å². The van der Waals surface area contributed by atoms with Gasteiger partial charge >= 0.3 is 0 Å². The van der Waals surface area contributed by atoms with Crippen LogP contribution in [-0.2, 0) is 12.8 Å². The van der Waals surface area contributed by atoms with Crippen molar-refractivity contribution in [1.29, 1.82) is 0 Å². The van der Waals surface area contributed by atoms with E-state index in [1.807, 2.05) is 0 Å². The number of ether oxygens (including phenoxy) is 1. The first kappa shape index (κ1) is 13.4. The summed E-state index contributed by atoms with van der Waals surface area (Å²) in [4.78, 5) is 0. The third kappa shape index (κ3) is 4.02. The fourth-order valence-corrected chi connectivity index (χ4v) is 2.56. The summed E-state index contributed by atoms with van der Waals surface area (Å²) in [6, 6.07) is 6.57. The van der Waals surface area contributed by atoms with E-state index in [2.05, 4.69) is 18.2 Å². The first-order chi connectivity index (χ1) is 8.90. The number of rotatable bonds is 7. The molecular formula is C16H24O2. The molecule has 0 radical (unpaired) electrons. The van der Waals surface area contributed by atoms with Crippen molar-refractivity contribution in [3.63, 3.8) is 0 Å². The zero-order valence-corrected chi connectivity index (χ0v) is 11.2. The van der Waals surface area contributed by atoms with Gasteiger partial charge in [0.2, 0.25) is 0 Å². The molecule has 1 aliphatic rings. The summed E-state index contributed by atoms with van der Waals surface area (Å²) >= 11 is 0. The summed E-state index contributed by atoms with van der Waals surface area (Å²) in [6.45, 7) is 1.11. The molecule has 0 bridgehead atoms. The van der Waals surface area contributed by atoms with Gasteiger partial charge < -0.3 is 9.84 Å². The van der Waals surface area contributed by atoms with Crippen molar-refractivity contribution in [3.05, 3.63) is 29.3 Å². The first-order valence-corrected chi connectivity index (χ1v) is 7.25. The minimum atomic E-state index is 0.311. The van der Waals surface area contributed by atoms with Gasteiger partial charge in [-0.15, -0.1) is 0 Å². The lowest BCUT2D eigenvalue weighted by atomic mass is 9.92. The van der Waals surface area contributed by atoms with E-state index in [0.29, 0.717) is 6.61 Å². The quantitative estimate of drug-likeness (QED) is 0.748. The molecule has 1 aliphatic carbocycles. The third-order valence-corrected chi connectivity index (χ3v) is 3.64. The average molecular weight is 248 g/mol. The maximum atomic E-state index is 8.68. The topological polar surface area (TPSA) is 29.5 Å². The van der Waals surface area contributed by atoms with Crippen LogP contribution in [0, 0.1) is 0 Å². The summed E-state index contributed by atoms with van der Waals surface area (Å²) in [5.41, 5.74) is 3.00. The van der Waals surface area contributed by atoms with Crippen LogP contribution in [0.15, 0.2) is 18.2 Å². The fraction of sp³-hybridized carbons (Fsp3) is 0.625. The zero-order chi connectivity index (χ0) is 12.6. The lowest BCUT2D eigenvalue weighted by molar-refractivity contribution is 0.273. The monoisotopic (exact) mass is 248 g/mol. The molecular weight excluding hydrogens is 224 g/mol. The van der Waals surface area contributed by atoms with Gasteiger partial charge in [0.05, 0.1) is 6.61 Å². The zero-order valence-electron chi connectivity index (χ0n) is 11.2. The van der Waals surface area contributed by atoms with E-state index in [4.69, 9.17) is 9.84 Å². The number of aryl methyl sites for hydroxylation is 2. The molecule has 0 heterocycles. The molecule has 1 aromatic rings. The van der Waals surface area contributed by atoms with E-state index in [1.54, 1.807) is 0 Å². The average Bonchev–Trinajstić information content (AvgIpc) is 2.42. The van der Waals surface area contributed by atoms with Gasteiger partial charge in [0, 0.05) is 6.61 Å². The normalized spacial score (nSPS) is 14.3. The van der Waals surface area contributed by atoms with Crippen LogP contribution in [-0.4, -0.2) is 18.3 Å². The smallest absolute Gasteiger partial charge is 0.119 e. The Kier molecular flexibility index (Phi) is 5.53. The summed E-state index contributed by atoms with van der Waals surface area (Å²) in [7, 11) is 0. The Morgan fingerprint density at radius 2 is 1.72 bits per heavy atom. The van der Waals surface area contributed by atoms with Gasteiger partial charge in [-0.05, 0) is 68.2 Å². The molecule has 0 atom stereocenters. The lowest BCUT2D eigenvalue weighted by Gasteiger charge is -2.16. The van der Waals surface area contributed by atoms with Gasteiger partial charge in [-0.3, -0.25) is 0 Å². The second-order valence-electron chi connectivity index (χ2n) is 5.12. The van der Waals surface area contributed by atoms with Crippen LogP contribution in [0.3, 0.4) is 0 Å². The van der Waals surface area contributed by atoms with Crippen LogP contribution in [0.25, 0.3) is 0 Å². The summed E-state index contributed by atoms with van der Waals surface area (Å²) in [5.74, 6) is 1.03. The molecule has 100 valence electrons. The minimum Gasteiger partial charge on any atom is -0.494 e. The van der Waals surface area contributed by atoms with E-state index >= 15 is 0 Å². The Hall–Kier alpha value is -1.02. The predicted octanol–water partition coefficient (Wildman–Crippen LogP) is 3.50. The molecule has 1 N–H and O–H groups in total. The molecule has 0 amide bonds. The van der Waals surface area contributed by atoms with Crippen LogP contribution < -0.4 is 4.74 Å². The van der Waals surface area contributed by atoms with Crippen molar-refractivity contribution >= 4 is 0 Å². The van der Waals surface area contributed by atoms with Crippen molar-refractivity contribution in [2.24, 2.45) is 0 Å². The highest BCUT2D eigenvalue weighted by Crippen LogP contribution is 2.25. The molecule has 2 rings (SSSR count). The van der Waals surface area contributed by atoms with Crippen LogP contribution in [0.2, 0.25) is 0 Å². The number of fused-ring (bicyclic) bond motifs is 1. The van der Waals surface area contributed by atoms with Crippen molar-refractivity contribution in [1.82, 2.24) is 0 Å². The Labute approximate surface area is 110 Å². The molecule has 0 spiro atoms. The maximum Gasteiger partial charge on any atom is 0.119 e. The van der Waals surface area contributed by atoms with Crippen molar-refractivity contribution in [2.75, 3.05) is 13.2 Å². The SMILES string of the molecule is OCCCCCCOc1ccc2c(c1)CCCC2. The Balaban J connectivity index is 1.72. The Bertz CT molecular complexity index is 360. The molecule has 0 unspecified atom stereocenters. The number of benzene rings is 1. The van der Waals surface area contributed by atoms with E-state index in [0.717, 1.165) is 38.0 Å². The van der Waals surface area contributed by atoms with Gasteiger partial charge in [0.25, 0.3) is 0 Å². The van der Waals surface area contributed by atoms with Gasteiger partial charge in [0.1, 0.15) is 5.75 Å². The van der Waals surface area contributed by atoms with E-state index < -0.39 is 0 Å². The summed E-state index contributed by atoms with van der Waals surface area (Å²) in [5, 5.41) is 8.68. The van der Waals surface area contributed by atoms with E-state index in [-0.39, 0.29) is 0 Å². The molecule has 18 heavy (non-hydrogen) atoms. The van der Waals surface area contributed by atoms with Crippen LogP contribution in [0.1, 0.15) is 49.7 Å². The number of hydrogen-bond acceptors (Lipinski definition) is 2. The molecule has 1 aromatic carbocycles. The second kappa shape index (κ2) is 7.42. The Morgan fingerprint density at radius 1 is 0.944 bits per heavy atom. The molecule has 0 aromatic heterocycles. The molecule has 2 heteroatoms. The Morgan fingerprint density at radius 3 is 2.56 bits per heavy atom. The van der Waals surface area contributed by atoms with Crippen LogP contribution in [0.5, 0.6) is 5.75 Å². The van der Waals surface area contributed by atoms with Crippen molar-refractivity contribution < 1.29 is 9.84 Å². The highest BCUT2D eigenvalue weighted by Gasteiger charge is 2.09. The van der Waals surface area contributed by atoms with Crippen LogP contribution >= 0.6 is 0 Å². The van der Waals surface area contributed by atoms with Crippen molar-refractivity contribution in [3.8, 4) is 5.75 Å². The second-order valence-corrected chi connectivity index (χ2v) is 5.12. The summed E-state index contributed by atoms with van der Waals surface area (Å²) in [6.07, 6.45) is 9.33. The number of unbranched alkanes of at least 4 members (excludes halogenated alkanes) is 3. The number of hydrogen-bond donors (Lipinski definition) is 1. The lowest BCUT2D eigenvalue weighted by Crippen LogP contribution is -2.04. The largest absolute Gasteiger partial charge is 0.494 e. The number of aliphatic hydroxyl groups excluding tert-OH is 1. The molecule has 2 nitrogen and oxygen atoms in total. The first-order valence-electron chi connectivity index (χ1n) is 7.25. The molecule has 0 aliphatic heterocycles. The molecule has 0 saturated heterocycles. The minimum absolute atomic E-state index is 0.311. The molecule has 0 saturated carbocycles.